The number of nitrogens with one attached hydrogen (secondary N) is 2. The molecule has 2 amide bonds. The molecule has 34 heavy (non-hydrogen) atoms. The molecule has 0 aromatic heterocycles. The van der Waals surface area contributed by atoms with E-state index in [0.29, 0.717) is 5.01 Å². The normalized spacial score (nSPS) is 15.1. The Kier molecular flexibility index (Phi) is 6.75. The summed E-state index contributed by atoms with van der Waals surface area (Å²) in [4.78, 5) is 36.8. The molecule has 0 unspecified atom stereocenters. The standard InChI is InChI=1S/C23H21F3N4O4/c1-12-5-10-17(11-13(12)2)30-21(32)18(19(29-30)23(24,25)26)14(3)27-28-20(31)15-6-8-16(9-7-15)22(33)34-4/h5-11,27H,1-4H3,(H,28,31). The van der Waals surface area contributed by atoms with Crippen LogP contribution in [0.15, 0.2) is 58.8 Å². The van der Waals surface area contributed by atoms with Crippen LogP contribution in [0.1, 0.15) is 38.8 Å². The number of allylic oxidation sites excluding steroid dienone is 1. The molecule has 1 aliphatic rings. The third-order valence-corrected chi connectivity index (χ3v) is 5.15. The summed E-state index contributed by atoms with van der Waals surface area (Å²) in [5.74, 6) is -2.27. The number of rotatable bonds is 5. The number of hydrogen-bond acceptors (Lipinski definition) is 6. The highest BCUT2D eigenvalue weighted by atomic mass is 19.4. The Bertz CT molecular complexity index is 1220. The molecule has 0 aliphatic carbocycles. The third-order valence-electron chi connectivity index (χ3n) is 5.15. The van der Waals surface area contributed by atoms with E-state index in [1.807, 2.05) is 6.92 Å². The molecular weight excluding hydrogens is 453 g/mol. The van der Waals surface area contributed by atoms with Gasteiger partial charge in [-0.15, -0.1) is 0 Å². The number of nitrogens with zero attached hydrogens (tertiary/aromatic N) is 2. The molecule has 0 spiro atoms. The Morgan fingerprint density at radius 1 is 0.971 bits per heavy atom. The number of halogens is 3. The Morgan fingerprint density at radius 3 is 2.15 bits per heavy atom. The van der Waals surface area contributed by atoms with Crippen molar-refractivity contribution in [3.05, 3.63) is 76.0 Å². The van der Waals surface area contributed by atoms with Crippen LogP contribution in [0.2, 0.25) is 0 Å². The summed E-state index contributed by atoms with van der Waals surface area (Å²) < 4.78 is 45.6. The first-order valence-corrected chi connectivity index (χ1v) is 9.97. The molecular formula is C23H21F3N4O4. The van der Waals surface area contributed by atoms with Gasteiger partial charge in [-0.25, -0.2) is 4.79 Å². The van der Waals surface area contributed by atoms with Gasteiger partial charge in [0.2, 0.25) is 0 Å². The van der Waals surface area contributed by atoms with Gasteiger partial charge in [0.25, 0.3) is 11.8 Å². The highest BCUT2D eigenvalue weighted by Gasteiger charge is 2.48. The van der Waals surface area contributed by atoms with Gasteiger partial charge in [0.15, 0.2) is 5.71 Å². The predicted molar refractivity (Wildman–Crippen MR) is 118 cm³/mol. The molecule has 1 heterocycles. The number of anilines is 1. The summed E-state index contributed by atoms with van der Waals surface area (Å²) >= 11 is 0. The van der Waals surface area contributed by atoms with Gasteiger partial charge in [-0.3, -0.25) is 15.0 Å². The van der Waals surface area contributed by atoms with Crippen LogP contribution in [0, 0.1) is 13.8 Å². The number of hydrazone groups is 1. The molecule has 0 radical (unpaired) electrons. The van der Waals surface area contributed by atoms with E-state index in [-0.39, 0.29) is 22.5 Å². The minimum atomic E-state index is -4.91. The molecule has 0 saturated heterocycles. The number of hydrogen-bond donors (Lipinski definition) is 2. The van der Waals surface area contributed by atoms with Crippen molar-refractivity contribution in [2.24, 2.45) is 5.10 Å². The average Bonchev–Trinajstić information content (AvgIpc) is 3.16. The Hall–Kier alpha value is -4.15. The number of methoxy groups -OCH3 is 1. The number of esters is 1. The molecule has 2 aromatic carbocycles. The van der Waals surface area contributed by atoms with Gasteiger partial charge >= 0.3 is 12.1 Å². The van der Waals surface area contributed by atoms with Gasteiger partial charge in [0.05, 0.1) is 23.9 Å². The van der Waals surface area contributed by atoms with Gasteiger partial charge in [-0.05, 0) is 68.3 Å². The quantitative estimate of drug-likeness (QED) is 0.392. The van der Waals surface area contributed by atoms with Gasteiger partial charge in [-0.1, -0.05) is 6.07 Å². The zero-order valence-electron chi connectivity index (χ0n) is 18.7. The summed E-state index contributed by atoms with van der Waals surface area (Å²) in [6.07, 6.45) is -4.91. The summed E-state index contributed by atoms with van der Waals surface area (Å²) in [7, 11) is 1.22. The van der Waals surface area contributed by atoms with E-state index < -0.39 is 35.2 Å². The number of carbonyl (C=O) groups is 3. The number of carbonyl (C=O) groups excluding carboxylic acids is 3. The van der Waals surface area contributed by atoms with E-state index >= 15 is 0 Å². The second-order valence-corrected chi connectivity index (χ2v) is 7.48. The van der Waals surface area contributed by atoms with Crippen molar-refractivity contribution in [2.45, 2.75) is 26.9 Å². The maximum atomic E-state index is 13.7. The predicted octanol–water partition coefficient (Wildman–Crippen LogP) is 3.56. The number of benzene rings is 2. The van der Waals surface area contributed by atoms with Crippen molar-refractivity contribution in [1.29, 1.82) is 0 Å². The van der Waals surface area contributed by atoms with Crippen molar-refractivity contribution >= 4 is 29.2 Å². The molecule has 0 saturated carbocycles. The SMILES string of the molecule is COC(=O)c1ccc(C(=O)NNC(C)=C2C(=O)N(c3ccc(C)c(C)c3)N=C2C(F)(F)F)cc1. The smallest absolute Gasteiger partial charge is 0.436 e. The summed E-state index contributed by atoms with van der Waals surface area (Å²) in [6, 6.07) is 10.2. The molecule has 0 bridgehead atoms. The van der Waals surface area contributed by atoms with Gasteiger partial charge < -0.3 is 10.2 Å². The summed E-state index contributed by atoms with van der Waals surface area (Å²) in [5, 5.41) is 4.21. The first-order chi connectivity index (χ1) is 15.9. The van der Waals surface area contributed by atoms with Crippen LogP contribution in [-0.2, 0) is 9.53 Å². The minimum absolute atomic E-state index is 0.122. The van der Waals surface area contributed by atoms with E-state index in [0.717, 1.165) is 11.1 Å². The number of hydrazine groups is 1. The van der Waals surface area contributed by atoms with Crippen LogP contribution in [0.5, 0.6) is 0 Å². The van der Waals surface area contributed by atoms with Crippen molar-refractivity contribution in [3.63, 3.8) is 0 Å². The third kappa shape index (κ3) is 4.92. The van der Waals surface area contributed by atoms with Crippen LogP contribution in [0.3, 0.4) is 0 Å². The summed E-state index contributed by atoms with van der Waals surface area (Å²) in [5.41, 5.74) is 4.49. The fourth-order valence-electron chi connectivity index (χ4n) is 3.13. The fraction of sp³-hybridized carbons (Fsp3) is 0.217. The maximum Gasteiger partial charge on any atom is 0.436 e. The first kappa shape index (κ1) is 24.5. The van der Waals surface area contributed by atoms with Crippen LogP contribution < -0.4 is 15.9 Å². The highest BCUT2D eigenvalue weighted by molar-refractivity contribution is 6.32. The Labute approximate surface area is 193 Å². The minimum Gasteiger partial charge on any atom is -0.465 e. The molecule has 178 valence electrons. The van der Waals surface area contributed by atoms with Crippen molar-refractivity contribution in [3.8, 4) is 0 Å². The van der Waals surface area contributed by atoms with E-state index in [1.165, 1.54) is 44.4 Å². The molecule has 1 aliphatic heterocycles. The van der Waals surface area contributed by atoms with E-state index in [1.54, 1.807) is 19.1 Å². The van der Waals surface area contributed by atoms with Gasteiger partial charge in [-0.2, -0.15) is 23.3 Å². The van der Waals surface area contributed by atoms with Crippen LogP contribution in [-0.4, -0.2) is 36.8 Å². The topological polar surface area (TPSA) is 100 Å². The van der Waals surface area contributed by atoms with E-state index in [4.69, 9.17) is 0 Å². The lowest BCUT2D eigenvalue weighted by atomic mass is 10.1. The molecule has 11 heteroatoms. The molecule has 0 atom stereocenters. The van der Waals surface area contributed by atoms with Crippen molar-refractivity contribution < 1.29 is 32.3 Å². The number of aryl methyl sites for hydroxylation is 2. The second-order valence-electron chi connectivity index (χ2n) is 7.48. The number of alkyl halides is 3. The highest BCUT2D eigenvalue weighted by Crippen LogP contribution is 2.33. The number of amides is 2. The largest absolute Gasteiger partial charge is 0.465 e. The molecule has 0 fully saturated rings. The van der Waals surface area contributed by atoms with Gasteiger partial charge in [0, 0.05) is 11.3 Å². The Balaban J connectivity index is 1.84. The molecule has 8 nitrogen and oxygen atoms in total. The van der Waals surface area contributed by atoms with Crippen LogP contribution in [0.25, 0.3) is 0 Å². The molecule has 3 rings (SSSR count). The number of ether oxygens (including phenoxy) is 1. The van der Waals surface area contributed by atoms with Crippen molar-refractivity contribution in [1.82, 2.24) is 10.9 Å². The zero-order chi connectivity index (χ0) is 25.2. The molecule has 2 N–H and O–H groups in total. The van der Waals surface area contributed by atoms with Crippen molar-refractivity contribution in [2.75, 3.05) is 12.1 Å². The lowest BCUT2D eigenvalue weighted by molar-refractivity contribution is -0.114. The van der Waals surface area contributed by atoms with Crippen LogP contribution >= 0.6 is 0 Å². The first-order valence-electron chi connectivity index (χ1n) is 9.97. The van der Waals surface area contributed by atoms with E-state index in [2.05, 4.69) is 20.7 Å². The average molecular weight is 474 g/mol. The maximum absolute atomic E-state index is 13.7. The van der Waals surface area contributed by atoms with Gasteiger partial charge in [0.1, 0.15) is 0 Å². The lowest BCUT2D eigenvalue weighted by Crippen LogP contribution is -2.39. The molecule has 2 aromatic rings. The second kappa shape index (κ2) is 9.38. The monoisotopic (exact) mass is 474 g/mol. The zero-order valence-corrected chi connectivity index (χ0v) is 18.7. The van der Waals surface area contributed by atoms with E-state index in [9.17, 15) is 27.6 Å². The summed E-state index contributed by atoms with van der Waals surface area (Å²) in [6.45, 7) is 4.82. The lowest BCUT2D eigenvalue weighted by Gasteiger charge is -2.15. The van der Waals surface area contributed by atoms with Crippen LogP contribution in [0.4, 0.5) is 18.9 Å². The fourth-order valence-corrected chi connectivity index (χ4v) is 3.13. The Morgan fingerprint density at radius 2 is 1.59 bits per heavy atom.